The molecule has 31 heavy (non-hydrogen) atoms. The fraction of sp³-hybridized carbons (Fsp3) is 0.560. The van der Waals surface area contributed by atoms with E-state index in [0.29, 0.717) is 23.4 Å². The van der Waals surface area contributed by atoms with Gasteiger partial charge in [0.05, 0.1) is 28.2 Å². The number of hydrogen-bond acceptors (Lipinski definition) is 4. The van der Waals surface area contributed by atoms with Crippen molar-refractivity contribution < 1.29 is 14.3 Å². The minimum atomic E-state index is -0.336. The Labute approximate surface area is 183 Å². The van der Waals surface area contributed by atoms with Crippen LogP contribution in [0, 0.1) is 43.9 Å². The third-order valence-corrected chi connectivity index (χ3v) is 7.64. The zero-order valence-electron chi connectivity index (χ0n) is 18.6. The van der Waals surface area contributed by atoms with Crippen LogP contribution in [0.15, 0.2) is 24.3 Å². The van der Waals surface area contributed by atoms with E-state index in [1.54, 1.807) is 0 Å². The van der Waals surface area contributed by atoms with Crippen LogP contribution in [-0.4, -0.2) is 28.3 Å². The van der Waals surface area contributed by atoms with Gasteiger partial charge in [0.25, 0.3) is 5.91 Å². The van der Waals surface area contributed by atoms with E-state index in [0.717, 1.165) is 36.3 Å². The predicted octanol–water partition coefficient (Wildman–Crippen LogP) is 4.50. The Kier molecular flexibility index (Phi) is 4.91. The summed E-state index contributed by atoms with van der Waals surface area (Å²) in [5, 5.41) is 7.49. The second-order valence-electron chi connectivity index (χ2n) is 10.1. The summed E-state index contributed by atoms with van der Waals surface area (Å²) in [4.78, 5) is 25.6. The fourth-order valence-corrected chi connectivity index (χ4v) is 6.58. The Balaban J connectivity index is 1.23. The van der Waals surface area contributed by atoms with Crippen LogP contribution in [0.3, 0.4) is 0 Å². The average molecular weight is 422 g/mol. The number of carbonyl (C=O) groups excluding carboxylic acids is 2. The van der Waals surface area contributed by atoms with E-state index in [-0.39, 0.29) is 23.9 Å². The van der Waals surface area contributed by atoms with Gasteiger partial charge in [-0.3, -0.25) is 9.59 Å². The number of nitrogens with one attached hydrogen (secondary N) is 1. The predicted molar refractivity (Wildman–Crippen MR) is 118 cm³/mol. The Morgan fingerprint density at radius 1 is 1.03 bits per heavy atom. The molecular formula is C25H31N3O3. The van der Waals surface area contributed by atoms with Crippen LogP contribution in [0.4, 0.5) is 5.69 Å². The van der Waals surface area contributed by atoms with Gasteiger partial charge in [0, 0.05) is 0 Å². The van der Waals surface area contributed by atoms with Crippen molar-refractivity contribution >= 4 is 17.6 Å². The standard InChI is InChI=1S/C25H31N3O3/c1-15-4-6-21(7-5-15)28-17(3)23(16(2)27-28)26-22(29)14-31-24(30)25-11-18-8-19(12-25)10-20(9-18)13-25/h4-7,18-20H,8-14H2,1-3H3,(H,26,29). The van der Waals surface area contributed by atoms with Gasteiger partial charge in [-0.25, -0.2) is 4.68 Å². The van der Waals surface area contributed by atoms with Gasteiger partial charge in [0.2, 0.25) is 0 Å². The highest BCUT2D eigenvalue weighted by Gasteiger charge is 2.55. The van der Waals surface area contributed by atoms with Gasteiger partial charge < -0.3 is 10.1 Å². The Morgan fingerprint density at radius 2 is 1.61 bits per heavy atom. The van der Waals surface area contributed by atoms with Gasteiger partial charge in [-0.05, 0) is 89.2 Å². The Hall–Kier alpha value is -2.63. The number of anilines is 1. The maximum Gasteiger partial charge on any atom is 0.312 e. The summed E-state index contributed by atoms with van der Waals surface area (Å²) in [6.07, 6.45) is 6.66. The quantitative estimate of drug-likeness (QED) is 0.722. The van der Waals surface area contributed by atoms with E-state index in [4.69, 9.17) is 4.74 Å². The van der Waals surface area contributed by atoms with Gasteiger partial charge in [0.1, 0.15) is 0 Å². The highest BCUT2D eigenvalue weighted by molar-refractivity contribution is 5.94. The molecule has 1 amide bonds. The SMILES string of the molecule is Cc1ccc(-n2nc(C)c(NC(=O)COC(=O)C34CC5CC(CC(C5)C3)C4)c2C)cc1. The van der Waals surface area contributed by atoms with E-state index >= 15 is 0 Å². The smallest absolute Gasteiger partial charge is 0.312 e. The van der Waals surface area contributed by atoms with Crippen molar-refractivity contribution in [1.82, 2.24) is 9.78 Å². The number of esters is 1. The van der Waals surface area contributed by atoms with Crippen LogP contribution in [0.1, 0.15) is 55.5 Å². The topological polar surface area (TPSA) is 73.2 Å². The van der Waals surface area contributed by atoms with E-state index in [1.807, 2.05) is 49.7 Å². The highest BCUT2D eigenvalue weighted by Crippen LogP contribution is 2.60. The molecular weight excluding hydrogens is 390 g/mol. The average Bonchev–Trinajstić information content (AvgIpc) is 3.00. The number of aromatic nitrogens is 2. The van der Waals surface area contributed by atoms with Gasteiger partial charge in [-0.15, -0.1) is 0 Å². The molecule has 4 aliphatic carbocycles. The highest BCUT2D eigenvalue weighted by atomic mass is 16.5. The molecule has 0 spiro atoms. The first-order valence-corrected chi connectivity index (χ1v) is 11.4. The number of nitrogens with zero attached hydrogens (tertiary/aromatic N) is 2. The zero-order chi connectivity index (χ0) is 21.8. The lowest BCUT2D eigenvalue weighted by atomic mass is 9.49. The molecule has 4 bridgehead atoms. The summed E-state index contributed by atoms with van der Waals surface area (Å²) in [7, 11) is 0. The number of amides is 1. The van der Waals surface area contributed by atoms with E-state index in [1.165, 1.54) is 24.8 Å². The first-order chi connectivity index (χ1) is 14.8. The van der Waals surface area contributed by atoms with Crippen molar-refractivity contribution in [3.05, 3.63) is 41.2 Å². The van der Waals surface area contributed by atoms with Crippen LogP contribution in [-0.2, 0) is 14.3 Å². The normalized spacial score (nSPS) is 28.5. The molecule has 0 unspecified atom stereocenters. The van der Waals surface area contributed by atoms with Crippen molar-refractivity contribution in [1.29, 1.82) is 0 Å². The summed E-state index contributed by atoms with van der Waals surface area (Å²) >= 11 is 0. The lowest BCUT2D eigenvalue weighted by Crippen LogP contribution is -2.50. The van der Waals surface area contributed by atoms with Gasteiger partial charge in [-0.1, -0.05) is 17.7 Å². The molecule has 0 saturated heterocycles. The number of rotatable bonds is 5. The van der Waals surface area contributed by atoms with Crippen LogP contribution < -0.4 is 5.32 Å². The third kappa shape index (κ3) is 3.66. The number of benzene rings is 1. The van der Waals surface area contributed by atoms with Crippen LogP contribution in [0.25, 0.3) is 5.69 Å². The maximum absolute atomic E-state index is 13.0. The minimum Gasteiger partial charge on any atom is -0.455 e. The van der Waals surface area contributed by atoms with Gasteiger partial charge in [-0.2, -0.15) is 5.10 Å². The molecule has 164 valence electrons. The lowest BCUT2D eigenvalue weighted by Gasteiger charge is -2.55. The molecule has 0 atom stereocenters. The van der Waals surface area contributed by atoms with Crippen molar-refractivity contribution in [2.75, 3.05) is 11.9 Å². The second kappa shape index (κ2) is 7.50. The van der Waals surface area contributed by atoms with Crippen molar-refractivity contribution in [3.63, 3.8) is 0 Å². The van der Waals surface area contributed by atoms with Gasteiger partial charge >= 0.3 is 5.97 Å². The van der Waals surface area contributed by atoms with Crippen LogP contribution in [0.5, 0.6) is 0 Å². The molecule has 1 N–H and O–H groups in total. The van der Waals surface area contributed by atoms with Gasteiger partial charge in [0.15, 0.2) is 6.61 Å². The first kappa shape index (κ1) is 20.3. The zero-order valence-corrected chi connectivity index (χ0v) is 18.6. The summed E-state index contributed by atoms with van der Waals surface area (Å²) in [5.74, 6) is 1.54. The third-order valence-electron chi connectivity index (χ3n) is 7.64. The van der Waals surface area contributed by atoms with E-state index in [2.05, 4.69) is 10.4 Å². The maximum atomic E-state index is 13.0. The first-order valence-electron chi connectivity index (χ1n) is 11.4. The molecule has 6 rings (SSSR count). The molecule has 0 aliphatic heterocycles. The summed E-state index contributed by atoms with van der Waals surface area (Å²) in [6.45, 7) is 5.60. The van der Waals surface area contributed by atoms with Crippen molar-refractivity contribution in [2.45, 2.75) is 59.3 Å². The number of carbonyl (C=O) groups is 2. The molecule has 4 aliphatic rings. The largest absolute Gasteiger partial charge is 0.455 e. The number of hydrogen-bond donors (Lipinski definition) is 1. The fourth-order valence-electron chi connectivity index (χ4n) is 6.58. The molecule has 6 heteroatoms. The Morgan fingerprint density at radius 3 is 2.19 bits per heavy atom. The molecule has 6 nitrogen and oxygen atoms in total. The monoisotopic (exact) mass is 421 g/mol. The van der Waals surface area contributed by atoms with E-state index in [9.17, 15) is 9.59 Å². The number of ether oxygens (including phenoxy) is 1. The number of aryl methyl sites for hydroxylation is 2. The van der Waals surface area contributed by atoms with E-state index < -0.39 is 0 Å². The lowest BCUT2D eigenvalue weighted by molar-refractivity contribution is -0.172. The molecule has 1 heterocycles. The molecule has 4 saturated carbocycles. The summed E-state index contributed by atoms with van der Waals surface area (Å²) < 4.78 is 7.39. The van der Waals surface area contributed by atoms with Crippen LogP contribution in [0.2, 0.25) is 0 Å². The summed E-state index contributed by atoms with van der Waals surface area (Å²) in [6, 6.07) is 8.09. The van der Waals surface area contributed by atoms with Crippen LogP contribution >= 0.6 is 0 Å². The van der Waals surface area contributed by atoms with Crippen molar-refractivity contribution in [2.24, 2.45) is 23.2 Å². The summed E-state index contributed by atoms with van der Waals surface area (Å²) in [5.41, 5.74) is 4.05. The second-order valence-corrected chi connectivity index (χ2v) is 10.1. The molecule has 1 aromatic heterocycles. The Bertz CT molecular complexity index is 986. The van der Waals surface area contributed by atoms with Crippen molar-refractivity contribution in [3.8, 4) is 5.69 Å². The molecule has 1 aromatic carbocycles. The molecule has 4 fully saturated rings. The molecule has 0 radical (unpaired) electrons. The minimum absolute atomic E-state index is 0.162. The molecule has 2 aromatic rings.